The SMILES string of the molecule is [C-]#[N+]c1cnn(-c2ncccn2)c1N=Nc1c(C)nn2c1CC(C)=N2. The molecule has 3 aromatic heterocycles. The van der Waals surface area contributed by atoms with Crippen LogP contribution in [0, 0.1) is 13.5 Å². The minimum Gasteiger partial charge on any atom is -0.232 e. The van der Waals surface area contributed by atoms with E-state index >= 15 is 0 Å². The third-order valence-electron chi connectivity index (χ3n) is 3.62. The van der Waals surface area contributed by atoms with Gasteiger partial charge in [-0.1, -0.05) is 0 Å². The molecule has 0 atom stereocenters. The van der Waals surface area contributed by atoms with Gasteiger partial charge in [0.15, 0.2) is 5.82 Å². The Morgan fingerprint density at radius 2 is 2.00 bits per heavy atom. The van der Waals surface area contributed by atoms with Gasteiger partial charge < -0.3 is 0 Å². The Hall–Kier alpha value is -3.74. The Balaban J connectivity index is 1.77. The zero-order valence-corrected chi connectivity index (χ0v) is 13.5. The molecule has 3 aromatic rings. The van der Waals surface area contributed by atoms with Crippen LogP contribution in [0.4, 0.5) is 17.2 Å². The lowest BCUT2D eigenvalue weighted by Gasteiger charge is -2.01. The molecule has 10 heteroatoms. The van der Waals surface area contributed by atoms with E-state index in [-0.39, 0.29) is 11.5 Å². The molecule has 4 heterocycles. The molecule has 0 saturated heterocycles. The Bertz CT molecular complexity index is 1050. The summed E-state index contributed by atoms with van der Waals surface area (Å²) in [5.74, 6) is 0.596. The topological polar surface area (TPSA) is 103 Å². The van der Waals surface area contributed by atoms with Gasteiger partial charge in [-0.2, -0.15) is 24.8 Å². The highest BCUT2D eigenvalue weighted by atomic mass is 15.5. The lowest BCUT2D eigenvalue weighted by molar-refractivity contribution is 0.727. The maximum absolute atomic E-state index is 7.30. The Labute approximate surface area is 142 Å². The van der Waals surface area contributed by atoms with Gasteiger partial charge in [-0.25, -0.2) is 14.8 Å². The molecule has 0 radical (unpaired) electrons. The molecule has 0 unspecified atom stereocenters. The van der Waals surface area contributed by atoms with Crippen LogP contribution in [-0.2, 0) is 6.42 Å². The van der Waals surface area contributed by atoms with Crippen molar-refractivity contribution in [3.8, 4) is 5.95 Å². The first kappa shape index (κ1) is 14.8. The van der Waals surface area contributed by atoms with Crippen molar-refractivity contribution in [1.29, 1.82) is 0 Å². The van der Waals surface area contributed by atoms with Crippen LogP contribution >= 0.6 is 0 Å². The van der Waals surface area contributed by atoms with E-state index in [4.69, 9.17) is 6.57 Å². The first-order valence-corrected chi connectivity index (χ1v) is 7.45. The third-order valence-corrected chi connectivity index (χ3v) is 3.62. The van der Waals surface area contributed by atoms with Gasteiger partial charge in [0, 0.05) is 24.5 Å². The van der Waals surface area contributed by atoms with E-state index in [1.54, 1.807) is 23.3 Å². The fraction of sp³-hybridized carbons (Fsp3) is 0.200. The molecule has 0 aliphatic carbocycles. The van der Waals surface area contributed by atoms with E-state index in [2.05, 4.69) is 40.3 Å². The van der Waals surface area contributed by atoms with Crippen LogP contribution in [0.15, 0.2) is 40.0 Å². The molecular formula is C15H12N10. The van der Waals surface area contributed by atoms with Gasteiger partial charge in [-0.15, -0.1) is 10.2 Å². The third kappa shape index (κ3) is 2.47. The molecule has 1 aliphatic heterocycles. The van der Waals surface area contributed by atoms with Crippen molar-refractivity contribution in [2.75, 3.05) is 0 Å². The first-order chi connectivity index (χ1) is 12.2. The summed E-state index contributed by atoms with van der Waals surface area (Å²) in [6, 6.07) is 1.70. The smallest absolute Gasteiger partial charge is 0.232 e. The minimum absolute atomic E-state index is 0.269. The van der Waals surface area contributed by atoms with Crippen LogP contribution in [0.1, 0.15) is 18.3 Å². The number of azo groups is 1. The van der Waals surface area contributed by atoms with Gasteiger partial charge in [0.05, 0.1) is 24.2 Å². The molecule has 0 N–H and O–H groups in total. The summed E-state index contributed by atoms with van der Waals surface area (Å²) in [6.07, 6.45) is 5.28. The average Bonchev–Trinajstić information content (AvgIpc) is 3.26. The number of rotatable bonds is 3. The monoisotopic (exact) mass is 332 g/mol. The Morgan fingerprint density at radius 3 is 2.76 bits per heavy atom. The van der Waals surface area contributed by atoms with Crippen LogP contribution in [0.3, 0.4) is 0 Å². The van der Waals surface area contributed by atoms with E-state index < -0.39 is 0 Å². The highest BCUT2D eigenvalue weighted by Crippen LogP contribution is 2.33. The fourth-order valence-corrected chi connectivity index (χ4v) is 2.51. The summed E-state index contributed by atoms with van der Waals surface area (Å²) < 4.78 is 1.39. The van der Waals surface area contributed by atoms with Crippen LogP contribution in [0.25, 0.3) is 10.8 Å². The van der Waals surface area contributed by atoms with Crippen LogP contribution in [-0.4, -0.2) is 35.3 Å². The maximum Gasteiger partial charge on any atom is 0.252 e. The van der Waals surface area contributed by atoms with E-state index in [9.17, 15) is 0 Å². The first-order valence-electron chi connectivity index (χ1n) is 7.45. The number of hydrogen-bond acceptors (Lipinski definition) is 7. The largest absolute Gasteiger partial charge is 0.252 e. The molecule has 10 nitrogen and oxygen atoms in total. The van der Waals surface area contributed by atoms with E-state index in [0.717, 1.165) is 17.1 Å². The molecule has 0 aromatic carbocycles. The van der Waals surface area contributed by atoms with Crippen molar-refractivity contribution in [2.24, 2.45) is 15.3 Å². The van der Waals surface area contributed by atoms with Gasteiger partial charge >= 0.3 is 0 Å². The number of nitrogens with zero attached hydrogens (tertiary/aromatic N) is 10. The Kier molecular flexibility index (Phi) is 3.39. The van der Waals surface area contributed by atoms with Crippen molar-refractivity contribution in [3.63, 3.8) is 0 Å². The molecular weight excluding hydrogens is 320 g/mol. The van der Waals surface area contributed by atoms with E-state index in [0.29, 0.717) is 18.1 Å². The summed E-state index contributed by atoms with van der Waals surface area (Å²) in [5, 5.41) is 21.4. The fourth-order valence-electron chi connectivity index (χ4n) is 2.51. The van der Waals surface area contributed by atoms with E-state index in [1.807, 2.05) is 13.8 Å². The maximum atomic E-state index is 7.30. The standard InChI is InChI=1S/C15H12N10/c1-9-7-12-13(10(2)23-25(12)22-9)20-21-14-11(16-3)8-19-24(14)15-17-5-4-6-18-15/h4-6,8H,7H2,1-2H3. The molecule has 1 aliphatic rings. The van der Waals surface area contributed by atoms with Crippen LogP contribution in [0.2, 0.25) is 0 Å². The normalized spacial score (nSPS) is 13.1. The molecule has 0 saturated carbocycles. The summed E-state index contributed by atoms with van der Waals surface area (Å²) >= 11 is 0. The number of aromatic nitrogens is 6. The summed E-state index contributed by atoms with van der Waals surface area (Å²) in [5.41, 5.74) is 3.48. The molecule has 4 rings (SSSR count). The number of hydrogen-bond donors (Lipinski definition) is 0. The van der Waals surface area contributed by atoms with Gasteiger partial charge in [0.2, 0.25) is 0 Å². The highest BCUT2D eigenvalue weighted by Gasteiger charge is 2.21. The molecule has 0 amide bonds. The van der Waals surface area contributed by atoms with Gasteiger partial charge in [-0.05, 0) is 19.9 Å². The molecule has 0 fully saturated rings. The van der Waals surface area contributed by atoms with Crippen molar-refractivity contribution in [3.05, 3.63) is 47.5 Å². The quantitative estimate of drug-likeness (QED) is 0.543. The molecule has 25 heavy (non-hydrogen) atoms. The van der Waals surface area contributed by atoms with Crippen molar-refractivity contribution >= 4 is 22.9 Å². The van der Waals surface area contributed by atoms with Gasteiger partial charge in [0.25, 0.3) is 11.6 Å². The summed E-state index contributed by atoms with van der Waals surface area (Å²) in [6.45, 7) is 11.1. The average molecular weight is 332 g/mol. The van der Waals surface area contributed by atoms with Gasteiger partial charge in [-0.3, -0.25) is 0 Å². The van der Waals surface area contributed by atoms with Crippen LogP contribution in [0.5, 0.6) is 0 Å². The lowest BCUT2D eigenvalue weighted by Crippen LogP contribution is -2.00. The molecule has 122 valence electrons. The summed E-state index contributed by atoms with van der Waals surface area (Å²) in [4.78, 5) is 13.3. The van der Waals surface area contributed by atoms with E-state index in [1.165, 1.54) is 10.9 Å². The predicted molar refractivity (Wildman–Crippen MR) is 88.8 cm³/mol. The second kappa shape index (κ2) is 5.72. The predicted octanol–water partition coefficient (Wildman–Crippen LogP) is 2.91. The minimum atomic E-state index is 0.269. The van der Waals surface area contributed by atoms with Crippen molar-refractivity contribution in [2.45, 2.75) is 20.3 Å². The van der Waals surface area contributed by atoms with Crippen LogP contribution < -0.4 is 0 Å². The second-order valence-corrected chi connectivity index (χ2v) is 5.41. The van der Waals surface area contributed by atoms with Crippen molar-refractivity contribution < 1.29 is 0 Å². The number of fused-ring (bicyclic) bond motifs is 1. The molecule has 0 bridgehead atoms. The molecule has 0 spiro atoms. The number of aryl methyl sites for hydroxylation is 1. The van der Waals surface area contributed by atoms with Crippen molar-refractivity contribution in [1.82, 2.24) is 29.6 Å². The van der Waals surface area contributed by atoms with Gasteiger partial charge in [0.1, 0.15) is 5.69 Å². The lowest BCUT2D eigenvalue weighted by atomic mass is 10.2. The zero-order valence-electron chi connectivity index (χ0n) is 13.5. The second-order valence-electron chi connectivity index (χ2n) is 5.41. The Morgan fingerprint density at radius 1 is 1.20 bits per heavy atom. The highest BCUT2D eigenvalue weighted by molar-refractivity contribution is 5.87. The zero-order chi connectivity index (χ0) is 17.4. The summed E-state index contributed by atoms with van der Waals surface area (Å²) in [7, 11) is 0.